The number of sulfone groups is 1. The molecule has 0 heterocycles. The van der Waals surface area contributed by atoms with E-state index < -0.39 is 9.84 Å². The molecule has 0 aromatic rings. The highest BCUT2D eigenvalue weighted by Gasteiger charge is 2.19. The van der Waals surface area contributed by atoms with Gasteiger partial charge >= 0.3 is 0 Å². The molecule has 0 radical (unpaired) electrons. The van der Waals surface area contributed by atoms with Gasteiger partial charge in [0.25, 0.3) is 0 Å². The van der Waals surface area contributed by atoms with Crippen LogP contribution in [0.5, 0.6) is 0 Å². The summed E-state index contributed by atoms with van der Waals surface area (Å²) in [4.78, 5) is 0. The molecule has 0 aliphatic rings. The Hall–Kier alpha value is 0.240. The number of halogens is 1. The van der Waals surface area contributed by atoms with E-state index >= 15 is 0 Å². The van der Waals surface area contributed by atoms with Crippen LogP contribution in [0, 0.1) is 11.8 Å². The molecule has 14 heavy (non-hydrogen) atoms. The van der Waals surface area contributed by atoms with E-state index in [1.807, 2.05) is 6.92 Å². The van der Waals surface area contributed by atoms with Crippen molar-refractivity contribution in [1.29, 1.82) is 0 Å². The molecule has 0 N–H and O–H groups in total. The molecule has 0 aromatic carbocycles. The van der Waals surface area contributed by atoms with Crippen LogP contribution in [0.25, 0.3) is 0 Å². The first-order chi connectivity index (χ1) is 6.24. The maximum absolute atomic E-state index is 10.9. The monoisotopic (exact) mass is 240 g/mol. The lowest BCUT2D eigenvalue weighted by molar-refractivity contribution is 0.351. The Morgan fingerprint density at radius 3 is 2.00 bits per heavy atom. The fourth-order valence-corrected chi connectivity index (χ4v) is 2.78. The van der Waals surface area contributed by atoms with E-state index in [0.29, 0.717) is 11.8 Å². The topological polar surface area (TPSA) is 34.1 Å². The molecule has 2 nitrogen and oxygen atoms in total. The van der Waals surface area contributed by atoms with E-state index in [9.17, 15) is 8.42 Å². The number of alkyl halides is 1. The SMILES string of the molecule is CC(C)C(CCCS(C)(=O)=O)C(C)Cl. The van der Waals surface area contributed by atoms with Crippen LogP contribution in [-0.4, -0.2) is 25.8 Å². The molecule has 0 rings (SSSR count). The Balaban J connectivity index is 3.96. The normalized spacial score (nSPS) is 17.0. The largest absolute Gasteiger partial charge is 0.229 e. The first-order valence-electron chi connectivity index (χ1n) is 5.06. The minimum atomic E-state index is -2.81. The average molecular weight is 241 g/mol. The lowest BCUT2D eigenvalue weighted by Crippen LogP contribution is -2.19. The summed E-state index contributed by atoms with van der Waals surface area (Å²) in [6.45, 7) is 6.24. The third-order valence-electron chi connectivity index (χ3n) is 2.50. The molecule has 0 bridgehead atoms. The van der Waals surface area contributed by atoms with Crippen molar-refractivity contribution in [1.82, 2.24) is 0 Å². The Morgan fingerprint density at radius 2 is 1.71 bits per heavy atom. The van der Waals surface area contributed by atoms with Crippen molar-refractivity contribution in [2.45, 2.75) is 39.0 Å². The van der Waals surface area contributed by atoms with Gasteiger partial charge in [-0.25, -0.2) is 8.42 Å². The highest BCUT2D eigenvalue weighted by Crippen LogP contribution is 2.24. The van der Waals surface area contributed by atoms with Gasteiger partial charge in [0.15, 0.2) is 0 Å². The molecule has 86 valence electrons. The van der Waals surface area contributed by atoms with Gasteiger partial charge in [0, 0.05) is 17.4 Å². The first-order valence-corrected chi connectivity index (χ1v) is 7.55. The molecule has 2 atom stereocenters. The van der Waals surface area contributed by atoms with Crippen molar-refractivity contribution in [3.05, 3.63) is 0 Å². The van der Waals surface area contributed by atoms with Crippen LogP contribution in [0.4, 0.5) is 0 Å². The second-order valence-electron chi connectivity index (χ2n) is 4.36. The van der Waals surface area contributed by atoms with E-state index in [-0.39, 0.29) is 11.1 Å². The standard InChI is InChI=1S/C10H21ClO2S/c1-8(2)10(9(3)11)6-5-7-14(4,12)13/h8-10H,5-7H2,1-4H3. The molecule has 0 fully saturated rings. The maximum atomic E-state index is 10.9. The number of hydrogen-bond acceptors (Lipinski definition) is 2. The van der Waals surface area contributed by atoms with Gasteiger partial charge in [0.05, 0.1) is 0 Å². The van der Waals surface area contributed by atoms with E-state index in [0.717, 1.165) is 12.8 Å². The van der Waals surface area contributed by atoms with Gasteiger partial charge in [-0.2, -0.15) is 0 Å². The van der Waals surface area contributed by atoms with Gasteiger partial charge in [0.2, 0.25) is 0 Å². The molecule has 0 saturated heterocycles. The summed E-state index contributed by atoms with van der Waals surface area (Å²) in [6, 6.07) is 0. The zero-order chi connectivity index (χ0) is 11.4. The van der Waals surface area contributed by atoms with E-state index in [1.54, 1.807) is 0 Å². The van der Waals surface area contributed by atoms with Crippen molar-refractivity contribution in [2.24, 2.45) is 11.8 Å². The van der Waals surface area contributed by atoms with Gasteiger partial charge in [-0.15, -0.1) is 11.6 Å². The summed E-state index contributed by atoms with van der Waals surface area (Å²) < 4.78 is 21.8. The number of rotatable bonds is 6. The fourth-order valence-electron chi connectivity index (χ4n) is 1.67. The molecule has 0 spiro atoms. The van der Waals surface area contributed by atoms with Crippen LogP contribution in [0.1, 0.15) is 33.6 Å². The summed E-state index contributed by atoms with van der Waals surface area (Å²) in [5, 5.41) is 0.120. The summed E-state index contributed by atoms with van der Waals surface area (Å²) in [6.07, 6.45) is 2.90. The molecule has 0 aromatic heterocycles. The van der Waals surface area contributed by atoms with Crippen molar-refractivity contribution in [3.63, 3.8) is 0 Å². The first kappa shape index (κ1) is 14.2. The quantitative estimate of drug-likeness (QED) is 0.669. The highest BCUT2D eigenvalue weighted by atomic mass is 35.5. The van der Waals surface area contributed by atoms with Crippen LogP contribution in [0.15, 0.2) is 0 Å². The third kappa shape index (κ3) is 6.66. The Labute approximate surface area is 93.0 Å². The van der Waals surface area contributed by atoms with E-state index in [4.69, 9.17) is 11.6 Å². The molecule has 0 saturated carbocycles. The predicted molar refractivity (Wildman–Crippen MR) is 62.6 cm³/mol. The predicted octanol–water partition coefficient (Wildman–Crippen LogP) is 2.71. The van der Waals surface area contributed by atoms with Crippen LogP contribution in [0.2, 0.25) is 0 Å². The van der Waals surface area contributed by atoms with E-state index in [1.165, 1.54) is 6.26 Å². The minimum absolute atomic E-state index is 0.120. The van der Waals surface area contributed by atoms with Gasteiger partial charge < -0.3 is 0 Å². The molecule has 2 unspecified atom stereocenters. The van der Waals surface area contributed by atoms with Gasteiger partial charge in [-0.1, -0.05) is 13.8 Å². The van der Waals surface area contributed by atoms with Gasteiger partial charge in [-0.3, -0.25) is 0 Å². The van der Waals surface area contributed by atoms with Crippen molar-refractivity contribution in [2.75, 3.05) is 12.0 Å². The van der Waals surface area contributed by atoms with E-state index in [2.05, 4.69) is 13.8 Å². The third-order valence-corrected chi connectivity index (χ3v) is 3.85. The summed E-state index contributed by atoms with van der Waals surface area (Å²) in [5.74, 6) is 1.21. The van der Waals surface area contributed by atoms with Crippen LogP contribution < -0.4 is 0 Å². The lowest BCUT2D eigenvalue weighted by atomic mass is 9.89. The summed E-state index contributed by atoms with van der Waals surface area (Å²) in [5.41, 5.74) is 0. The second-order valence-corrected chi connectivity index (χ2v) is 7.31. The zero-order valence-corrected chi connectivity index (χ0v) is 11.0. The molecular weight excluding hydrogens is 220 g/mol. The number of hydrogen-bond donors (Lipinski definition) is 0. The smallest absolute Gasteiger partial charge is 0.147 e. The molecule has 0 aliphatic carbocycles. The Kier molecular flexibility index (Phi) is 6.06. The maximum Gasteiger partial charge on any atom is 0.147 e. The fraction of sp³-hybridized carbons (Fsp3) is 1.00. The molecule has 0 aliphatic heterocycles. The summed E-state index contributed by atoms with van der Waals surface area (Å²) >= 11 is 6.04. The molecule has 4 heteroatoms. The van der Waals surface area contributed by atoms with Gasteiger partial charge in [-0.05, 0) is 31.6 Å². The molecular formula is C10H21ClO2S. The Bertz CT molecular complexity index is 237. The van der Waals surface area contributed by atoms with Crippen molar-refractivity contribution < 1.29 is 8.42 Å². The second kappa shape index (κ2) is 5.96. The van der Waals surface area contributed by atoms with Gasteiger partial charge in [0.1, 0.15) is 9.84 Å². The minimum Gasteiger partial charge on any atom is -0.229 e. The van der Waals surface area contributed by atoms with Crippen LogP contribution in [0.3, 0.4) is 0 Å². The zero-order valence-electron chi connectivity index (χ0n) is 9.46. The lowest BCUT2D eigenvalue weighted by Gasteiger charge is -2.22. The average Bonchev–Trinajstić information content (AvgIpc) is 1.94. The highest BCUT2D eigenvalue weighted by molar-refractivity contribution is 7.90. The van der Waals surface area contributed by atoms with Crippen molar-refractivity contribution in [3.8, 4) is 0 Å². The molecule has 0 amide bonds. The van der Waals surface area contributed by atoms with Crippen LogP contribution >= 0.6 is 11.6 Å². The summed E-state index contributed by atoms with van der Waals surface area (Å²) in [7, 11) is -2.81. The van der Waals surface area contributed by atoms with Crippen molar-refractivity contribution >= 4 is 21.4 Å². The Morgan fingerprint density at radius 1 is 1.21 bits per heavy atom. The van der Waals surface area contributed by atoms with Crippen LogP contribution in [-0.2, 0) is 9.84 Å².